The van der Waals surface area contributed by atoms with Crippen LogP contribution in [-0.4, -0.2) is 55.5 Å². The largest absolute Gasteiger partial charge is 0.497 e. The van der Waals surface area contributed by atoms with Gasteiger partial charge < -0.3 is 25.0 Å². The summed E-state index contributed by atoms with van der Waals surface area (Å²) in [5.41, 5.74) is 1.93. The third kappa shape index (κ3) is 5.65. The molecule has 4 aromatic rings. The van der Waals surface area contributed by atoms with Gasteiger partial charge in [-0.15, -0.1) is 0 Å². The van der Waals surface area contributed by atoms with E-state index in [2.05, 4.69) is 44.6 Å². The van der Waals surface area contributed by atoms with Crippen molar-refractivity contribution in [2.75, 3.05) is 44.7 Å². The summed E-state index contributed by atoms with van der Waals surface area (Å²) in [5, 5.41) is 12.3. The van der Waals surface area contributed by atoms with Crippen LogP contribution in [0.1, 0.15) is 54.4 Å². The molecule has 242 valence electrons. The molecule has 4 aliphatic rings. The second kappa shape index (κ2) is 12.2. The average molecular weight is 634 g/mol. The number of amides is 1. The van der Waals surface area contributed by atoms with Gasteiger partial charge in [-0.3, -0.25) is 9.48 Å². The molecule has 0 spiro atoms. The highest BCUT2D eigenvalue weighted by atomic mass is 19.2. The van der Waals surface area contributed by atoms with Gasteiger partial charge in [0.2, 0.25) is 5.82 Å². The van der Waals surface area contributed by atoms with E-state index in [1.165, 1.54) is 12.8 Å². The van der Waals surface area contributed by atoms with Crippen molar-refractivity contribution in [3.63, 3.8) is 0 Å². The first-order chi connectivity index (χ1) is 22.3. The number of aromatic nitrogens is 2. The van der Waals surface area contributed by atoms with Crippen LogP contribution in [0.15, 0.2) is 54.7 Å². The number of methoxy groups -OCH3 is 1. The van der Waals surface area contributed by atoms with E-state index in [4.69, 9.17) is 14.6 Å². The van der Waals surface area contributed by atoms with E-state index < -0.39 is 34.7 Å². The molecule has 1 aliphatic heterocycles. The quantitative estimate of drug-likeness (QED) is 0.223. The lowest BCUT2D eigenvalue weighted by Gasteiger charge is -2.53. The number of hydrogen-bond acceptors (Lipinski definition) is 6. The van der Waals surface area contributed by atoms with Crippen molar-refractivity contribution in [1.82, 2.24) is 20.4 Å². The Morgan fingerprint density at radius 2 is 1.67 bits per heavy atom. The molecule has 2 N–H and O–H groups in total. The number of nitrogens with one attached hydrogen (secondary N) is 2. The van der Waals surface area contributed by atoms with E-state index in [0.29, 0.717) is 23.9 Å². The van der Waals surface area contributed by atoms with E-state index in [1.54, 1.807) is 24.3 Å². The Morgan fingerprint density at radius 1 is 0.957 bits per heavy atom. The van der Waals surface area contributed by atoms with Crippen LogP contribution >= 0.6 is 0 Å². The maximum Gasteiger partial charge on any atom is 0.254 e. The highest BCUT2D eigenvalue weighted by Gasteiger charge is 2.50. The van der Waals surface area contributed by atoms with Crippen LogP contribution in [0.2, 0.25) is 0 Å². The lowest BCUT2D eigenvalue weighted by molar-refractivity contribution is -0.00564. The number of ether oxygens (including phenoxy) is 2. The molecule has 8 nitrogen and oxygen atoms in total. The van der Waals surface area contributed by atoms with Gasteiger partial charge in [-0.2, -0.15) is 9.49 Å². The summed E-state index contributed by atoms with van der Waals surface area (Å²) >= 11 is 0. The van der Waals surface area contributed by atoms with Gasteiger partial charge in [-0.1, -0.05) is 12.1 Å². The molecule has 3 saturated carbocycles. The van der Waals surface area contributed by atoms with Gasteiger partial charge in [-0.05, 0) is 85.9 Å². The SMILES string of the molecule is COc1ccc(COc2c(F)cc(C(=O)NC[C@]34CC[C@](n5cc6ccc(N7CCNCC7)cc6n5)(CC3)CC4)c(F)c2F)cc1. The Hall–Kier alpha value is -4.25. The Kier molecular flexibility index (Phi) is 8.04. The maximum absolute atomic E-state index is 15.0. The average Bonchev–Trinajstić information content (AvgIpc) is 3.55. The van der Waals surface area contributed by atoms with Crippen molar-refractivity contribution in [3.8, 4) is 11.5 Å². The fraction of sp³-hybridized carbons (Fsp3) is 0.429. The van der Waals surface area contributed by atoms with E-state index in [-0.39, 0.29) is 17.6 Å². The number of carbonyl (C=O) groups is 1. The van der Waals surface area contributed by atoms with Crippen LogP contribution in [0.5, 0.6) is 11.5 Å². The number of rotatable bonds is 9. The predicted molar refractivity (Wildman–Crippen MR) is 169 cm³/mol. The molecule has 3 aromatic carbocycles. The number of anilines is 1. The molecule has 2 heterocycles. The van der Waals surface area contributed by atoms with Crippen molar-refractivity contribution in [3.05, 3.63) is 83.3 Å². The number of halogens is 3. The molecule has 8 rings (SSSR count). The standard InChI is InChI=1S/C35H38F3N5O3/c1-45-26-6-2-23(3-7-26)21-46-32-28(36)19-27(30(37)31(32)38)33(44)40-22-34-8-11-35(12-9-34,13-10-34)43-20-24-4-5-25(18-29(24)41-43)42-16-14-39-15-17-42/h2-7,18-20,39H,8-17,21-22H2,1H3,(H,40,44)/t34-,35+. The molecule has 1 aromatic heterocycles. The molecule has 1 amide bonds. The normalized spacial score (nSPS) is 22.7. The molecule has 2 bridgehead atoms. The Morgan fingerprint density at radius 3 is 2.37 bits per heavy atom. The number of nitrogens with zero attached hydrogens (tertiary/aromatic N) is 3. The van der Waals surface area contributed by atoms with Crippen LogP contribution < -0.4 is 25.0 Å². The zero-order chi connectivity index (χ0) is 31.9. The van der Waals surface area contributed by atoms with Gasteiger partial charge in [0, 0.05) is 50.0 Å². The molecule has 0 unspecified atom stereocenters. The van der Waals surface area contributed by atoms with Gasteiger partial charge in [0.1, 0.15) is 12.4 Å². The summed E-state index contributed by atoms with van der Waals surface area (Å²) < 4.78 is 57.3. The summed E-state index contributed by atoms with van der Waals surface area (Å²) in [6.45, 7) is 4.06. The number of fused-ring (bicyclic) bond motifs is 4. The first-order valence-corrected chi connectivity index (χ1v) is 16.0. The first-order valence-electron chi connectivity index (χ1n) is 16.0. The Balaban J connectivity index is 0.981. The molecule has 1 saturated heterocycles. The van der Waals surface area contributed by atoms with Gasteiger partial charge in [0.05, 0.1) is 23.7 Å². The maximum atomic E-state index is 15.0. The fourth-order valence-electron chi connectivity index (χ4n) is 7.34. The van der Waals surface area contributed by atoms with Crippen LogP contribution in [0.3, 0.4) is 0 Å². The number of hydrogen-bond donors (Lipinski definition) is 2. The van der Waals surface area contributed by atoms with E-state index in [1.807, 2.05) is 0 Å². The minimum atomic E-state index is -1.52. The van der Waals surface area contributed by atoms with E-state index in [9.17, 15) is 13.6 Å². The second-order valence-electron chi connectivity index (χ2n) is 13.0. The Labute approximate surface area is 265 Å². The minimum Gasteiger partial charge on any atom is -0.497 e. The summed E-state index contributed by atoms with van der Waals surface area (Å²) in [6, 6.07) is 13.9. The number of benzene rings is 3. The molecule has 0 atom stereocenters. The summed E-state index contributed by atoms with van der Waals surface area (Å²) in [6.07, 6.45) is 7.53. The third-order valence-electron chi connectivity index (χ3n) is 10.3. The van der Waals surface area contributed by atoms with Crippen molar-refractivity contribution in [2.24, 2.45) is 5.41 Å². The van der Waals surface area contributed by atoms with Crippen molar-refractivity contribution in [2.45, 2.75) is 50.7 Å². The molecular weight excluding hydrogens is 595 g/mol. The van der Waals surface area contributed by atoms with E-state index in [0.717, 1.165) is 75.6 Å². The van der Waals surface area contributed by atoms with Gasteiger partial charge in [0.15, 0.2) is 17.4 Å². The van der Waals surface area contributed by atoms with Crippen LogP contribution in [-0.2, 0) is 12.1 Å². The zero-order valence-electron chi connectivity index (χ0n) is 25.9. The van der Waals surface area contributed by atoms with Crippen molar-refractivity contribution >= 4 is 22.5 Å². The summed E-state index contributed by atoms with van der Waals surface area (Å²) in [5.74, 6) is -5.17. The second-order valence-corrected chi connectivity index (χ2v) is 13.0. The molecule has 0 radical (unpaired) electrons. The molecule has 3 aliphatic carbocycles. The van der Waals surface area contributed by atoms with Gasteiger partial charge in [0.25, 0.3) is 5.91 Å². The van der Waals surface area contributed by atoms with Crippen LogP contribution in [0, 0.1) is 22.9 Å². The van der Waals surface area contributed by atoms with Crippen LogP contribution in [0.25, 0.3) is 10.9 Å². The predicted octanol–water partition coefficient (Wildman–Crippen LogP) is 5.93. The van der Waals surface area contributed by atoms with Crippen LogP contribution in [0.4, 0.5) is 18.9 Å². The van der Waals surface area contributed by atoms with E-state index >= 15 is 4.39 Å². The van der Waals surface area contributed by atoms with Crippen molar-refractivity contribution < 1.29 is 27.4 Å². The third-order valence-corrected chi connectivity index (χ3v) is 10.3. The zero-order valence-corrected chi connectivity index (χ0v) is 25.9. The smallest absolute Gasteiger partial charge is 0.254 e. The lowest BCUT2D eigenvalue weighted by atomic mass is 9.57. The minimum absolute atomic E-state index is 0.0694. The monoisotopic (exact) mass is 633 g/mol. The van der Waals surface area contributed by atoms with Gasteiger partial charge >= 0.3 is 0 Å². The topological polar surface area (TPSA) is 80.7 Å². The number of carbonyl (C=O) groups excluding carboxylic acids is 1. The Bertz CT molecular complexity index is 1730. The molecule has 46 heavy (non-hydrogen) atoms. The molecule has 11 heteroatoms. The summed E-state index contributed by atoms with van der Waals surface area (Å²) in [7, 11) is 1.53. The highest BCUT2D eigenvalue weighted by Crippen LogP contribution is 2.55. The van der Waals surface area contributed by atoms with Gasteiger partial charge in [-0.25, -0.2) is 8.78 Å². The lowest BCUT2D eigenvalue weighted by Crippen LogP contribution is -2.51. The molecule has 4 fully saturated rings. The van der Waals surface area contributed by atoms with Crippen molar-refractivity contribution in [1.29, 1.82) is 0 Å². The first kappa shape index (κ1) is 30.4. The molecular formula is C35H38F3N5O3. The fourth-order valence-corrected chi connectivity index (χ4v) is 7.34. The summed E-state index contributed by atoms with van der Waals surface area (Å²) in [4.78, 5) is 15.4. The number of piperazine rings is 1. The highest BCUT2D eigenvalue weighted by molar-refractivity contribution is 5.94.